The minimum absolute atomic E-state index is 0. The Morgan fingerprint density at radius 2 is 1.55 bits per heavy atom. The minimum Gasteiger partial charge on any atom is -0.351 e. The molecule has 1 radical (unpaired) electrons. The van der Waals surface area contributed by atoms with Crippen molar-refractivity contribution in [2.24, 2.45) is 10.8 Å². The maximum atomic E-state index is 4.96. The van der Waals surface area contributed by atoms with Crippen molar-refractivity contribution in [2.45, 2.75) is 47.5 Å². The third-order valence-electron chi connectivity index (χ3n) is 6.12. The van der Waals surface area contributed by atoms with E-state index in [9.17, 15) is 0 Å². The Balaban J connectivity index is 0.00000231. The molecule has 0 unspecified atom stereocenters. The summed E-state index contributed by atoms with van der Waals surface area (Å²) in [5, 5.41) is 2.20. The Hall–Kier alpha value is -2.29. The van der Waals surface area contributed by atoms with E-state index >= 15 is 0 Å². The number of rotatable bonds is 1. The monoisotopic (exact) mass is 587 g/mol. The smallest absolute Gasteiger partial charge is 0.0774 e. The first-order valence-corrected chi connectivity index (χ1v) is 10.7. The van der Waals surface area contributed by atoms with Gasteiger partial charge in [-0.1, -0.05) is 77.4 Å². The summed E-state index contributed by atoms with van der Waals surface area (Å²) in [6.45, 7) is 14.1. The van der Waals surface area contributed by atoms with Crippen LogP contribution in [0.4, 0.5) is 0 Å². The fourth-order valence-corrected chi connectivity index (χ4v) is 5.64. The predicted octanol–water partition coefficient (Wildman–Crippen LogP) is 7.16. The molecule has 0 atom stereocenters. The fraction of sp³-hybridized carbons (Fsp3) is 0.333. The van der Waals surface area contributed by atoms with Crippen LogP contribution in [-0.2, 0) is 20.1 Å². The molecule has 5 rings (SSSR count). The topological polar surface area (TPSA) is 30.2 Å². The van der Waals surface area contributed by atoms with Crippen LogP contribution in [0.3, 0.4) is 0 Å². The van der Waals surface area contributed by atoms with Gasteiger partial charge in [-0.25, -0.2) is 0 Å². The van der Waals surface area contributed by atoms with Crippen molar-refractivity contribution in [3.63, 3.8) is 0 Å². The summed E-state index contributed by atoms with van der Waals surface area (Å²) in [6.07, 6.45) is 1.85. The fourth-order valence-electron chi connectivity index (χ4n) is 5.64. The van der Waals surface area contributed by atoms with Crippen molar-refractivity contribution in [1.82, 2.24) is 14.4 Å². The molecule has 0 saturated carbocycles. The number of para-hydroxylation sites is 2. The zero-order chi connectivity index (χ0) is 21.3. The molecule has 0 N–H and O–H groups in total. The maximum absolute atomic E-state index is 4.96. The summed E-state index contributed by atoms with van der Waals surface area (Å²) in [7, 11) is 0. The molecule has 0 spiro atoms. The maximum Gasteiger partial charge on any atom is 0.0774 e. The standard InChI is InChI=1S/C27H28N3.Ir/c1-26(2,3)24(27(4,5)6)17-11-9-15-21-22(17)23-18(12-10-16-28-23)25-29-19-13-7-8-14-20(19)30(21)25;/h7-11,13-16,24H,1-6H3;/q-1;. The van der Waals surface area contributed by atoms with Gasteiger partial charge in [0.2, 0.25) is 0 Å². The van der Waals surface area contributed by atoms with Crippen LogP contribution in [0.25, 0.3) is 38.5 Å². The molecule has 0 amide bonds. The first-order chi connectivity index (χ1) is 14.2. The van der Waals surface area contributed by atoms with Crippen LogP contribution in [0.1, 0.15) is 53.0 Å². The molecule has 2 aromatic carbocycles. The number of hydrogen-bond acceptors (Lipinski definition) is 2. The second-order valence-corrected chi connectivity index (χ2v) is 10.5. The van der Waals surface area contributed by atoms with Crippen LogP contribution < -0.4 is 0 Å². The van der Waals surface area contributed by atoms with Gasteiger partial charge in [0.1, 0.15) is 0 Å². The molecule has 3 aromatic heterocycles. The molecule has 0 aliphatic carbocycles. The van der Waals surface area contributed by atoms with E-state index in [4.69, 9.17) is 9.97 Å². The van der Waals surface area contributed by atoms with Gasteiger partial charge in [0, 0.05) is 25.6 Å². The molecule has 31 heavy (non-hydrogen) atoms. The summed E-state index contributed by atoms with van der Waals surface area (Å²) < 4.78 is 2.29. The molecule has 0 saturated heterocycles. The van der Waals surface area contributed by atoms with Crippen molar-refractivity contribution in [3.05, 3.63) is 66.4 Å². The van der Waals surface area contributed by atoms with Crippen LogP contribution in [-0.4, -0.2) is 14.4 Å². The van der Waals surface area contributed by atoms with Gasteiger partial charge >= 0.3 is 0 Å². The summed E-state index contributed by atoms with van der Waals surface area (Å²) in [5.74, 6) is 0.353. The van der Waals surface area contributed by atoms with Crippen molar-refractivity contribution < 1.29 is 20.1 Å². The zero-order valence-electron chi connectivity index (χ0n) is 18.9. The SMILES string of the molecule is CC(C)(C)C(c1cccc2c1c1ncc[c-]c1c1nc3ccccc3n21)C(C)(C)C.[Ir]. The molecule has 3 heterocycles. The number of benzene rings is 2. The molecule has 0 aliphatic rings. The molecular weight excluding hydrogens is 559 g/mol. The molecular formula is C27H28IrN3-. The van der Waals surface area contributed by atoms with Crippen LogP contribution in [0.2, 0.25) is 0 Å². The van der Waals surface area contributed by atoms with E-state index in [1.165, 1.54) is 10.9 Å². The Kier molecular flexibility index (Phi) is 5.23. The van der Waals surface area contributed by atoms with Crippen molar-refractivity contribution in [1.29, 1.82) is 0 Å². The van der Waals surface area contributed by atoms with E-state index in [2.05, 4.69) is 88.4 Å². The Bertz CT molecular complexity index is 1400. The number of pyridine rings is 2. The number of imidazole rings is 1. The second-order valence-electron chi connectivity index (χ2n) is 10.5. The van der Waals surface area contributed by atoms with Crippen molar-refractivity contribution in [3.8, 4) is 0 Å². The average molecular weight is 587 g/mol. The number of aromatic nitrogens is 3. The van der Waals surface area contributed by atoms with Crippen molar-refractivity contribution >= 4 is 38.5 Å². The Morgan fingerprint density at radius 1 is 0.871 bits per heavy atom. The van der Waals surface area contributed by atoms with Gasteiger partial charge in [0.25, 0.3) is 0 Å². The van der Waals surface area contributed by atoms with Crippen molar-refractivity contribution in [2.75, 3.05) is 0 Å². The average Bonchev–Trinajstić information content (AvgIpc) is 3.06. The third kappa shape index (κ3) is 3.37. The van der Waals surface area contributed by atoms with E-state index in [1.807, 2.05) is 18.3 Å². The van der Waals surface area contributed by atoms with Crippen LogP contribution in [0.15, 0.2) is 54.7 Å². The normalized spacial score (nSPS) is 12.9. The molecule has 161 valence electrons. The molecule has 5 aromatic rings. The van der Waals surface area contributed by atoms with Gasteiger partial charge < -0.3 is 9.38 Å². The third-order valence-corrected chi connectivity index (χ3v) is 6.12. The Morgan fingerprint density at radius 3 is 2.26 bits per heavy atom. The Labute approximate surface area is 197 Å². The van der Waals surface area contributed by atoms with Gasteiger partial charge in [0.15, 0.2) is 0 Å². The van der Waals surface area contributed by atoms with Gasteiger partial charge in [0.05, 0.1) is 16.7 Å². The number of nitrogens with zero attached hydrogens (tertiary/aromatic N) is 3. The summed E-state index contributed by atoms with van der Waals surface area (Å²) >= 11 is 0. The molecule has 0 aliphatic heterocycles. The van der Waals surface area contributed by atoms with Gasteiger partial charge in [-0.15, -0.1) is 12.1 Å². The largest absolute Gasteiger partial charge is 0.351 e. The zero-order valence-corrected chi connectivity index (χ0v) is 21.3. The quantitative estimate of drug-likeness (QED) is 0.154. The van der Waals surface area contributed by atoms with Gasteiger partial charge in [-0.05, 0) is 51.4 Å². The number of fused-ring (bicyclic) bond motifs is 8. The first-order valence-electron chi connectivity index (χ1n) is 10.7. The van der Waals surface area contributed by atoms with Gasteiger partial charge in [-0.3, -0.25) is 4.98 Å². The van der Waals surface area contributed by atoms with Crippen LogP contribution >= 0.6 is 0 Å². The molecule has 0 bridgehead atoms. The van der Waals surface area contributed by atoms with Gasteiger partial charge in [-0.2, -0.15) is 0 Å². The van der Waals surface area contributed by atoms with E-state index < -0.39 is 0 Å². The summed E-state index contributed by atoms with van der Waals surface area (Å²) in [6, 6.07) is 20.4. The summed E-state index contributed by atoms with van der Waals surface area (Å²) in [5.41, 5.74) is 6.75. The number of hydrogen-bond donors (Lipinski definition) is 0. The van der Waals surface area contributed by atoms with E-state index in [-0.39, 0.29) is 30.9 Å². The summed E-state index contributed by atoms with van der Waals surface area (Å²) in [4.78, 5) is 9.81. The molecule has 0 fully saturated rings. The van der Waals surface area contributed by atoms with E-state index in [1.54, 1.807) is 0 Å². The van der Waals surface area contributed by atoms with Crippen LogP contribution in [0, 0.1) is 16.9 Å². The minimum atomic E-state index is 0. The first kappa shape index (κ1) is 21.9. The predicted molar refractivity (Wildman–Crippen MR) is 126 cm³/mol. The van der Waals surface area contributed by atoms with Crippen LogP contribution in [0.5, 0.6) is 0 Å². The second kappa shape index (κ2) is 7.39. The van der Waals surface area contributed by atoms with E-state index in [0.717, 1.165) is 33.1 Å². The molecule has 3 nitrogen and oxygen atoms in total. The molecule has 4 heteroatoms. The van der Waals surface area contributed by atoms with E-state index in [0.29, 0.717) is 5.92 Å².